The Hall–Kier alpha value is -4.85. The number of fused-ring (bicyclic) bond motifs is 1. The van der Waals surface area contributed by atoms with Crippen molar-refractivity contribution in [1.82, 2.24) is 10.3 Å². The lowest BCUT2D eigenvalue weighted by molar-refractivity contribution is 0.0924. The van der Waals surface area contributed by atoms with Crippen molar-refractivity contribution in [2.75, 3.05) is 0 Å². The molecule has 2 aromatic heterocycles. The SMILES string of the molecule is Cc1ccc(C(=O)NC2(c3ccccn3)CC2)c(F)c1-c1ccc2oc(Cc3ccc(F)cc3)c(C(N)=O)c2c1. The van der Waals surface area contributed by atoms with Crippen LogP contribution in [-0.4, -0.2) is 16.8 Å². The Morgan fingerprint density at radius 1 is 1.02 bits per heavy atom. The molecule has 3 N–H and O–H groups in total. The summed E-state index contributed by atoms with van der Waals surface area (Å²) in [5, 5.41) is 3.41. The summed E-state index contributed by atoms with van der Waals surface area (Å²) >= 11 is 0. The van der Waals surface area contributed by atoms with E-state index < -0.39 is 23.2 Å². The first-order chi connectivity index (χ1) is 19.3. The quantitative estimate of drug-likeness (QED) is 0.259. The fourth-order valence-corrected chi connectivity index (χ4v) is 5.19. The summed E-state index contributed by atoms with van der Waals surface area (Å²) in [7, 11) is 0. The first-order valence-electron chi connectivity index (χ1n) is 12.9. The largest absolute Gasteiger partial charge is 0.460 e. The molecular formula is C32H25F2N3O3. The average molecular weight is 538 g/mol. The van der Waals surface area contributed by atoms with Gasteiger partial charge in [0.15, 0.2) is 0 Å². The number of pyridine rings is 1. The number of benzene rings is 3. The highest BCUT2D eigenvalue weighted by Crippen LogP contribution is 2.45. The predicted molar refractivity (Wildman–Crippen MR) is 147 cm³/mol. The van der Waals surface area contributed by atoms with E-state index in [4.69, 9.17) is 10.2 Å². The maximum absolute atomic E-state index is 16.0. The molecule has 1 saturated carbocycles. The molecule has 5 aromatic rings. The van der Waals surface area contributed by atoms with E-state index >= 15 is 4.39 Å². The Kier molecular flexibility index (Phi) is 6.18. The first kappa shape index (κ1) is 25.4. The van der Waals surface area contributed by atoms with Crippen molar-refractivity contribution in [3.8, 4) is 11.1 Å². The molecule has 0 spiro atoms. The highest BCUT2D eigenvalue weighted by Gasteiger charge is 2.47. The molecule has 0 aliphatic heterocycles. The zero-order valence-corrected chi connectivity index (χ0v) is 21.6. The molecule has 2 amide bonds. The van der Waals surface area contributed by atoms with Crippen LogP contribution in [0, 0.1) is 18.6 Å². The van der Waals surface area contributed by atoms with Gasteiger partial charge < -0.3 is 15.5 Å². The van der Waals surface area contributed by atoms with Crippen molar-refractivity contribution in [2.24, 2.45) is 5.73 Å². The van der Waals surface area contributed by atoms with Crippen molar-refractivity contribution in [3.63, 3.8) is 0 Å². The summed E-state index contributed by atoms with van der Waals surface area (Å²) in [6.45, 7) is 1.75. The fraction of sp³-hybridized carbons (Fsp3) is 0.156. The van der Waals surface area contributed by atoms with Gasteiger partial charge in [-0.2, -0.15) is 0 Å². The second kappa shape index (κ2) is 9.72. The van der Waals surface area contributed by atoms with Crippen LogP contribution in [0.2, 0.25) is 0 Å². The van der Waals surface area contributed by atoms with Crippen LogP contribution in [0.1, 0.15) is 56.1 Å². The molecule has 1 aliphatic carbocycles. The topological polar surface area (TPSA) is 98.2 Å². The third-order valence-electron chi connectivity index (χ3n) is 7.43. The van der Waals surface area contributed by atoms with Gasteiger partial charge in [-0.05, 0) is 78.9 Å². The Morgan fingerprint density at radius 3 is 2.48 bits per heavy atom. The predicted octanol–water partition coefficient (Wildman–Crippen LogP) is 6.19. The van der Waals surface area contributed by atoms with Gasteiger partial charge in [0.05, 0.1) is 22.4 Å². The number of hydrogen-bond acceptors (Lipinski definition) is 4. The van der Waals surface area contributed by atoms with Gasteiger partial charge in [0.2, 0.25) is 0 Å². The van der Waals surface area contributed by atoms with Gasteiger partial charge in [-0.1, -0.05) is 30.3 Å². The van der Waals surface area contributed by atoms with Gasteiger partial charge in [0.25, 0.3) is 11.8 Å². The first-order valence-corrected chi connectivity index (χ1v) is 12.9. The van der Waals surface area contributed by atoms with E-state index in [1.54, 1.807) is 55.6 Å². The normalized spacial score (nSPS) is 13.8. The Bertz CT molecular complexity index is 1780. The zero-order valence-electron chi connectivity index (χ0n) is 21.6. The molecule has 2 heterocycles. The highest BCUT2D eigenvalue weighted by molar-refractivity contribution is 6.07. The summed E-state index contributed by atoms with van der Waals surface area (Å²) in [4.78, 5) is 30.1. The number of hydrogen-bond donors (Lipinski definition) is 2. The molecule has 3 aromatic carbocycles. The minimum atomic E-state index is -0.692. The van der Waals surface area contributed by atoms with Crippen molar-refractivity contribution in [1.29, 1.82) is 0 Å². The van der Waals surface area contributed by atoms with Gasteiger partial charge >= 0.3 is 0 Å². The highest BCUT2D eigenvalue weighted by atomic mass is 19.1. The van der Waals surface area contributed by atoms with Gasteiger partial charge in [-0.25, -0.2) is 8.78 Å². The second-order valence-corrected chi connectivity index (χ2v) is 10.1. The fourth-order valence-electron chi connectivity index (χ4n) is 5.19. The number of amides is 2. The van der Waals surface area contributed by atoms with Gasteiger partial charge in [0.1, 0.15) is 23.0 Å². The van der Waals surface area contributed by atoms with Crippen LogP contribution in [-0.2, 0) is 12.0 Å². The maximum atomic E-state index is 16.0. The van der Waals surface area contributed by atoms with E-state index in [0.717, 1.165) is 24.1 Å². The molecule has 0 atom stereocenters. The number of rotatable bonds is 7. The Labute approximate surface area is 228 Å². The molecule has 0 unspecified atom stereocenters. The summed E-state index contributed by atoms with van der Waals surface area (Å²) in [6, 6.07) is 19.5. The number of primary amides is 1. The molecule has 1 aliphatic rings. The number of halogens is 2. The monoisotopic (exact) mass is 537 g/mol. The van der Waals surface area contributed by atoms with E-state index in [9.17, 15) is 14.0 Å². The zero-order chi connectivity index (χ0) is 28.0. The minimum Gasteiger partial charge on any atom is -0.460 e. The molecule has 6 nitrogen and oxygen atoms in total. The van der Waals surface area contributed by atoms with Gasteiger partial charge in [-0.3, -0.25) is 14.6 Å². The van der Waals surface area contributed by atoms with Crippen molar-refractivity contribution in [3.05, 3.63) is 124 Å². The van der Waals surface area contributed by atoms with Gasteiger partial charge in [-0.15, -0.1) is 0 Å². The lowest BCUT2D eigenvalue weighted by Gasteiger charge is -2.18. The number of nitrogens with two attached hydrogens (primary N) is 1. The number of nitrogens with one attached hydrogen (secondary N) is 1. The van der Waals surface area contributed by atoms with E-state index in [0.29, 0.717) is 27.9 Å². The number of aromatic nitrogens is 1. The van der Waals surface area contributed by atoms with Gasteiger partial charge in [0, 0.05) is 23.6 Å². The minimum absolute atomic E-state index is 0.0813. The third kappa shape index (κ3) is 4.51. The molecular weight excluding hydrogens is 512 g/mol. The summed E-state index contributed by atoms with van der Waals surface area (Å²) in [5.74, 6) is -1.91. The van der Waals surface area contributed by atoms with Crippen LogP contribution in [0.15, 0.2) is 83.4 Å². The molecule has 40 heavy (non-hydrogen) atoms. The standard InChI is InChI=1S/C32H25F2N3O3/c1-18-5-11-22(31(39)37-32(13-14-32)26-4-2-3-15-36-26)29(34)27(18)20-8-12-24-23(17-20)28(30(35)38)25(40-24)16-19-6-9-21(33)10-7-19/h2-12,15,17H,13-14,16H2,1H3,(H2,35,38)(H,37,39). The second-order valence-electron chi connectivity index (χ2n) is 10.1. The Morgan fingerprint density at radius 2 is 1.80 bits per heavy atom. The lowest BCUT2D eigenvalue weighted by Crippen LogP contribution is -2.36. The maximum Gasteiger partial charge on any atom is 0.255 e. The number of aryl methyl sites for hydroxylation is 1. The van der Waals surface area contributed by atoms with E-state index in [2.05, 4.69) is 10.3 Å². The summed E-state index contributed by atoms with van der Waals surface area (Å²) in [6.07, 6.45) is 3.35. The third-order valence-corrected chi connectivity index (χ3v) is 7.43. The van der Waals surface area contributed by atoms with Crippen molar-refractivity contribution >= 4 is 22.8 Å². The number of nitrogens with zero attached hydrogens (tertiary/aromatic N) is 1. The lowest BCUT2D eigenvalue weighted by atomic mass is 9.94. The van der Waals surface area contributed by atoms with Crippen LogP contribution in [0.25, 0.3) is 22.1 Å². The van der Waals surface area contributed by atoms with Crippen LogP contribution < -0.4 is 11.1 Å². The molecule has 200 valence electrons. The van der Waals surface area contributed by atoms with Crippen molar-refractivity contribution < 1.29 is 22.8 Å². The van der Waals surface area contributed by atoms with Crippen molar-refractivity contribution in [2.45, 2.75) is 31.7 Å². The molecule has 0 bridgehead atoms. The number of carbonyl (C=O) groups is 2. The van der Waals surface area contributed by atoms with Crippen LogP contribution in [0.5, 0.6) is 0 Å². The smallest absolute Gasteiger partial charge is 0.255 e. The Balaban J connectivity index is 1.37. The molecule has 6 rings (SSSR count). The molecule has 1 fully saturated rings. The summed E-state index contributed by atoms with van der Waals surface area (Å²) in [5.41, 5.74) is 8.47. The molecule has 0 radical (unpaired) electrons. The van der Waals surface area contributed by atoms with E-state index in [-0.39, 0.29) is 28.9 Å². The number of furan rings is 1. The van der Waals surface area contributed by atoms with E-state index in [1.165, 1.54) is 18.2 Å². The van der Waals surface area contributed by atoms with Crippen LogP contribution >= 0.6 is 0 Å². The summed E-state index contributed by atoms with van der Waals surface area (Å²) < 4.78 is 35.3. The molecule has 0 saturated heterocycles. The average Bonchev–Trinajstić information content (AvgIpc) is 3.63. The van der Waals surface area contributed by atoms with Crippen LogP contribution in [0.3, 0.4) is 0 Å². The van der Waals surface area contributed by atoms with E-state index in [1.807, 2.05) is 12.1 Å². The molecule has 8 heteroatoms. The number of carbonyl (C=O) groups excluding carboxylic acids is 2. The van der Waals surface area contributed by atoms with Crippen LogP contribution in [0.4, 0.5) is 8.78 Å².